The van der Waals surface area contributed by atoms with Gasteiger partial charge in [0.25, 0.3) is 0 Å². The van der Waals surface area contributed by atoms with E-state index in [-0.39, 0.29) is 11.7 Å². The number of nitrogens with zero attached hydrogens (tertiary/aromatic N) is 5. The molecule has 0 bridgehead atoms. The Morgan fingerprint density at radius 1 is 1.19 bits per heavy atom. The number of benzene rings is 1. The topological polar surface area (TPSA) is 56.1 Å². The van der Waals surface area contributed by atoms with Gasteiger partial charge >= 0.3 is 0 Å². The summed E-state index contributed by atoms with van der Waals surface area (Å²) in [4.78, 5) is 6.60. The Morgan fingerprint density at radius 3 is 2.81 bits per heavy atom. The molecule has 1 atom stereocenters. The highest BCUT2D eigenvalue weighted by Crippen LogP contribution is 2.28. The van der Waals surface area contributed by atoms with Crippen LogP contribution in [0, 0.1) is 5.82 Å². The Balaban J connectivity index is 1.44. The lowest BCUT2D eigenvalue weighted by molar-refractivity contribution is 0.0812. The van der Waals surface area contributed by atoms with Crippen LogP contribution >= 0.6 is 0 Å². The normalized spacial score (nSPS) is 17.0. The van der Waals surface area contributed by atoms with Crippen molar-refractivity contribution < 1.29 is 9.13 Å². The molecule has 6 nitrogen and oxygen atoms in total. The van der Waals surface area contributed by atoms with Crippen LogP contribution in [0.15, 0.2) is 48.7 Å². The van der Waals surface area contributed by atoms with Crippen LogP contribution in [0.1, 0.15) is 28.6 Å². The van der Waals surface area contributed by atoms with Gasteiger partial charge in [0.05, 0.1) is 24.6 Å². The summed E-state index contributed by atoms with van der Waals surface area (Å²) in [6.45, 7) is 3.37. The summed E-state index contributed by atoms with van der Waals surface area (Å²) in [6.07, 6.45) is 1.77. The van der Waals surface area contributed by atoms with Crippen molar-refractivity contribution in [1.82, 2.24) is 24.9 Å². The van der Waals surface area contributed by atoms with Crippen LogP contribution in [0.2, 0.25) is 0 Å². The van der Waals surface area contributed by atoms with Crippen molar-refractivity contribution in [2.75, 3.05) is 13.2 Å². The second-order valence-corrected chi connectivity index (χ2v) is 6.87. The van der Waals surface area contributed by atoms with E-state index in [0.717, 1.165) is 42.3 Å². The molecule has 0 N–H and O–H groups in total. The minimum Gasteiger partial charge on any atom is -0.374 e. The molecule has 0 saturated heterocycles. The van der Waals surface area contributed by atoms with Crippen LogP contribution in [0.5, 0.6) is 0 Å². The van der Waals surface area contributed by atoms with E-state index >= 15 is 0 Å². The monoisotopic (exact) mass is 367 g/mol. The Morgan fingerprint density at radius 2 is 2.04 bits per heavy atom. The molecule has 0 fully saturated rings. The summed E-state index contributed by atoms with van der Waals surface area (Å²) in [7, 11) is 1.92. The van der Waals surface area contributed by atoms with Gasteiger partial charge in [0.1, 0.15) is 11.5 Å². The van der Waals surface area contributed by atoms with Gasteiger partial charge in [-0.2, -0.15) is 0 Å². The van der Waals surface area contributed by atoms with E-state index in [9.17, 15) is 4.39 Å². The summed E-state index contributed by atoms with van der Waals surface area (Å²) in [6, 6.07) is 12.5. The van der Waals surface area contributed by atoms with Crippen molar-refractivity contribution in [3.8, 4) is 0 Å². The van der Waals surface area contributed by atoms with Crippen molar-refractivity contribution >= 4 is 0 Å². The second kappa shape index (κ2) is 7.94. The van der Waals surface area contributed by atoms with Crippen LogP contribution in [-0.4, -0.2) is 38.0 Å². The zero-order chi connectivity index (χ0) is 18.6. The zero-order valence-corrected chi connectivity index (χ0v) is 15.3. The van der Waals surface area contributed by atoms with Crippen molar-refractivity contribution in [2.45, 2.75) is 25.6 Å². The van der Waals surface area contributed by atoms with Gasteiger partial charge in [-0.3, -0.25) is 14.6 Å². The highest BCUT2D eigenvalue weighted by molar-refractivity contribution is 5.21. The lowest BCUT2D eigenvalue weighted by Gasteiger charge is -2.32. The summed E-state index contributed by atoms with van der Waals surface area (Å²) >= 11 is 0. The third kappa shape index (κ3) is 4.20. The lowest BCUT2D eigenvalue weighted by atomic mass is 9.98. The van der Waals surface area contributed by atoms with E-state index in [0.29, 0.717) is 13.2 Å². The maximum atomic E-state index is 13.2. The predicted octanol–water partition coefficient (Wildman–Crippen LogP) is 2.67. The molecule has 1 aliphatic rings. The highest BCUT2D eigenvalue weighted by atomic mass is 19.1. The number of aromatic nitrogens is 4. The number of halogens is 1. The maximum Gasteiger partial charge on any atom is 0.123 e. The summed E-state index contributed by atoms with van der Waals surface area (Å²) in [5, 5.41) is 8.51. The Labute approximate surface area is 157 Å². The molecule has 0 amide bonds. The largest absolute Gasteiger partial charge is 0.374 e. The standard InChI is InChI=1S/C20H22FN5O/c1-25-20-16(13-27-14-18-4-2-3-9-22-18)11-26(12-19(20)23-24-25)10-15-5-7-17(21)8-6-15/h2-9,16H,10-14H2,1H3. The lowest BCUT2D eigenvalue weighted by Crippen LogP contribution is -2.36. The molecule has 140 valence electrons. The van der Waals surface area contributed by atoms with Crippen molar-refractivity contribution in [3.05, 3.63) is 77.1 Å². The minimum atomic E-state index is -0.214. The average Bonchev–Trinajstić information content (AvgIpc) is 3.05. The molecule has 0 radical (unpaired) electrons. The van der Waals surface area contributed by atoms with E-state index in [2.05, 4.69) is 20.2 Å². The third-order valence-electron chi connectivity index (χ3n) is 4.80. The molecular formula is C20H22FN5O. The molecule has 3 aromatic rings. The Kier molecular flexibility index (Phi) is 5.22. The van der Waals surface area contributed by atoms with Gasteiger partial charge in [0.15, 0.2) is 0 Å². The predicted molar refractivity (Wildman–Crippen MR) is 98.2 cm³/mol. The zero-order valence-electron chi connectivity index (χ0n) is 15.3. The van der Waals surface area contributed by atoms with Gasteiger partial charge < -0.3 is 4.74 Å². The second-order valence-electron chi connectivity index (χ2n) is 6.87. The molecule has 2 aromatic heterocycles. The number of hydrogen-bond acceptors (Lipinski definition) is 5. The number of pyridine rings is 1. The molecule has 7 heteroatoms. The number of ether oxygens (including phenoxy) is 1. The van der Waals surface area contributed by atoms with Crippen LogP contribution in [0.3, 0.4) is 0 Å². The average molecular weight is 367 g/mol. The fourth-order valence-electron chi connectivity index (χ4n) is 3.58. The van der Waals surface area contributed by atoms with Crippen LogP contribution in [-0.2, 0) is 31.5 Å². The van der Waals surface area contributed by atoms with Crippen LogP contribution < -0.4 is 0 Å². The summed E-state index contributed by atoms with van der Waals surface area (Å²) in [5.74, 6) is -0.0349. The molecule has 1 aliphatic heterocycles. The summed E-state index contributed by atoms with van der Waals surface area (Å²) in [5.41, 5.74) is 4.11. The molecule has 4 rings (SSSR count). The maximum absolute atomic E-state index is 13.2. The smallest absolute Gasteiger partial charge is 0.123 e. The van der Waals surface area contributed by atoms with Crippen LogP contribution in [0.4, 0.5) is 4.39 Å². The van der Waals surface area contributed by atoms with Gasteiger partial charge in [0, 0.05) is 38.8 Å². The molecule has 1 aromatic carbocycles. The SMILES string of the molecule is Cn1nnc2c1C(COCc1ccccn1)CN(Cc1ccc(F)cc1)C2. The Bertz CT molecular complexity index is 881. The Hall–Kier alpha value is -2.64. The van der Waals surface area contributed by atoms with E-state index in [1.54, 1.807) is 6.20 Å². The summed E-state index contributed by atoms with van der Waals surface area (Å²) < 4.78 is 20.9. The van der Waals surface area contributed by atoms with E-state index < -0.39 is 0 Å². The van der Waals surface area contributed by atoms with Gasteiger partial charge in [-0.15, -0.1) is 5.10 Å². The number of aryl methyl sites for hydroxylation is 1. The molecule has 1 unspecified atom stereocenters. The van der Waals surface area contributed by atoms with Crippen LogP contribution in [0.25, 0.3) is 0 Å². The first-order valence-corrected chi connectivity index (χ1v) is 9.02. The third-order valence-corrected chi connectivity index (χ3v) is 4.80. The minimum absolute atomic E-state index is 0.179. The number of fused-ring (bicyclic) bond motifs is 1. The molecular weight excluding hydrogens is 345 g/mol. The van der Waals surface area contributed by atoms with Gasteiger partial charge in [-0.1, -0.05) is 23.4 Å². The van der Waals surface area contributed by atoms with Crippen molar-refractivity contribution in [2.24, 2.45) is 7.05 Å². The fourth-order valence-corrected chi connectivity index (χ4v) is 3.58. The number of rotatable bonds is 6. The van der Waals surface area contributed by atoms with E-state index in [1.165, 1.54) is 12.1 Å². The fraction of sp³-hybridized carbons (Fsp3) is 0.350. The molecule has 27 heavy (non-hydrogen) atoms. The first-order chi connectivity index (χ1) is 13.2. The highest BCUT2D eigenvalue weighted by Gasteiger charge is 2.30. The number of hydrogen-bond donors (Lipinski definition) is 0. The van der Waals surface area contributed by atoms with Gasteiger partial charge in [0.2, 0.25) is 0 Å². The molecule has 0 spiro atoms. The van der Waals surface area contributed by atoms with Gasteiger partial charge in [-0.05, 0) is 29.8 Å². The van der Waals surface area contributed by atoms with Gasteiger partial charge in [-0.25, -0.2) is 4.39 Å². The first-order valence-electron chi connectivity index (χ1n) is 9.02. The van der Waals surface area contributed by atoms with E-state index in [1.807, 2.05) is 42.1 Å². The first kappa shape index (κ1) is 17.8. The molecule has 3 heterocycles. The quantitative estimate of drug-likeness (QED) is 0.670. The van der Waals surface area contributed by atoms with Crippen molar-refractivity contribution in [3.63, 3.8) is 0 Å². The molecule has 0 aliphatic carbocycles. The van der Waals surface area contributed by atoms with Crippen molar-refractivity contribution in [1.29, 1.82) is 0 Å². The van der Waals surface area contributed by atoms with E-state index in [4.69, 9.17) is 4.74 Å². The molecule has 0 saturated carbocycles.